The van der Waals surface area contributed by atoms with Gasteiger partial charge in [0.1, 0.15) is 46.9 Å². The summed E-state index contributed by atoms with van der Waals surface area (Å²) in [5.41, 5.74) is 0.617. The maximum atomic E-state index is 13.0. The number of aldehydes is 1. The Morgan fingerprint density at radius 1 is 0.951 bits per heavy atom. The lowest BCUT2D eigenvalue weighted by molar-refractivity contribution is -0.193. The zero-order valence-electron chi connectivity index (χ0n) is 24.3. The zero-order valence-corrected chi connectivity index (χ0v) is 25.1. The van der Waals surface area contributed by atoms with Crippen molar-refractivity contribution in [3.63, 3.8) is 0 Å². The van der Waals surface area contributed by atoms with Crippen LogP contribution in [0.2, 0.25) is 0 Å². The second-order valence-electron chi connectivity index (χ2n) is 10.6. The van der Waals surface area contributed by atoms with E-state index in [-0.39, 0.29) is 13.2 Å². The molecule has 1 amide bonds. The molecule has 0 aromatic heterocycles. The molecule has 2 aromatic rings. The highest BCUT2D eigenvalue weighted by atomic mass is 32.2. The van der Waals surface area contributed by atoms with Gasteiger partial charge < -0.3 is 33.2 Å². The Balaban J connectivity index is 1.59. The maximum Gasteiger partial charge on any atom is 0.416 e. The van der Waals surface area contributed by atoms with Gasteiger partial charge in [-0.15, -0.1) is 0 Å². The van der Waals surface area contributed by atoms with E-state index in [1.807, 2.05) is 76.2 Å². The van der Waals surface area contributed by atoms with Crippen LogP contribution in [0.15, 0.2) is 53.5 Å². The number of hydrogen-bond donors (Lipinski definition) is 0. The molecule has 0 bridgehead atoms. The molecule has 10 nitrogen and oxygen atoms in total. The standard InChI is InChI=1S/C30H38N2O8S/c1-7-32(29(34)40-30(2,3)4)28-31-24-26(38-18-20-10-14-22(36-6)15-11-20)25(23(16-33)39-27(24)41-28)37-17-19-8-12-21(35-5)13-9-19/h8-16,23-27H,7,17-18H2,1-6H3/t23-,24-,25-,26-,27-/m1/s1. The van der Waals surface area contributed by atoms with E-state index in [0.29, 0.717) is 11.7 Å². The Hall–Kier alpha value is -3.12. The summed E-state index contributed by atoms with van der Waals surface area (Å²) in [6.07, 6.45) is -2.03. The van der Waals surface area contributed by atoms with Crippen molar-refractivity contribution in [1.82, 2.24) is 4.90 Å². The van der Waals surface area contributed by atoms with Gasteiger partial charge in [0.25, 0.3) is 0 Å². The summed E-state index contributed by atoms with van der Waals surface area (Å²) >= 11 is 1.28. The predicted octanol–water partition coefficient (Wildman–Crippen LogP) is 4.83. The number of ether oxygens (including phenoxy) is 6. The second kappa shape index (κ2) is 13.7. The Morgan fingerprint density at radius 3 is 1.95 bits per heavy atom. The van der Waals surface area contributed by atoms with Crippen molar-refractivity contribution >= 4 is 29.3 Å². The molecule has 1 fully saturated rings. The van der Waals surface area contributed by atoms with E-state index in [9.17, 15) is 9.59 Å². The number of benzene rings is 2. The van der Waals surface area contributed by atoms with Crippen LogP contribution in [0.3, 0.4) is 0 Å². The van der Waals surface area contributed by atoms with Gasteiger partial charge >= 0.3 is 6.09 Å². The number of fused-ring (bicyclic) bond motifs is 1. The highest BCUT2D eigenvalue weighted by Crippen LogP contribution is 2.40. The number of nitrogens with zero attached hydrogens (tertiary/aromatic N) is 2. The van der Waals surface area contributed by atoms with Gasteiger partial charge in [-0.25, -0.2) is 4.79 Å². The Morgan fingerprint density at radius 2 is 1.49 bits per heavy atom. The molecule has 0 N–H and O–H groups in total. The molecule has 222 valence electrons. The number of carbonyl (C=O) groups excluding carboxylic acids is 2. The molecule has 0 unspecified atom stereocenters. The fraction of sp³-hybridized carbons (Fsp3) is 0.500. The van der Waals surface area contributed by atoms with Crippen molar-refractivity contribution < 1.29 is 38.0 Å². The highest BCUT2D eigenvalue weighted by molar-refractivity contribution is 8.14. The van der Waals surface area contributed by atoms with Crippen molar-refractivity contribution in [3.05, 3.63) is 59.7 Å². The molecule has 2 aromatic carbocycles. The Labute approximate surface area is 245 Å². The average molecular weight is 587 g/mol. The van der Waals surface area contributed by atoms with E-state index in [1.165, 1.54) is 16.7 Å². The Bertz CT molecular complexity index is 1200. The fourth-order valence-electron chi connectivity index (χ4n) is 4.46. The normalized spacial score (nSPS) is 23.8. The van der Waals surface area contributed by atoms with Crippen LogP contribution < -0.4 is 9.47 Å². The van der Waals surface area contributed by atoms with Gasteiger partial charge in [0.05, 0.1) is 27.4 Å². The summed E-state index contributed by atoms with van der Waals surface area (Å²) in [6.45, 7) is 8.12. The number of rotatable bonds is 10. The van der Waals surface area contributed by atoms with Gasteiger partial charge in [-0.05, 0) is 63.1 Å². The monoisotopic (exact) mass is 586 g/mol. The topological polar surface area (TPSA) is 105 Å². The maximum absolute atomic E-state index is 13.0. The Kier molecular flexibility index (Phi) is 10.3. The molecule has 1 saturated heterocycles. The van der Waals surface area contributed by atoms with Gasteiger partial charge in [-0.3, -0.25) is 9.89 Å². The molecular formula is C30H38N2O8S. The first kappa shape index (κ1) is 30.8. The highest BCUT2D eigenvalue weighted by Gasteiger charge is 2.52. The molecule has 2 aliphatic rings. The predicted molar refractivity (Wildman–Crippen MR) is 155 cm³/mol. The van der Waals surface area contributed by atoms with Crippen LogP contribution in [0.4, 0.5) is 4.79 Å². The lowest BCUT2D eigenvalue weighted by Crippen LogP contribution is -2.57. The smallest absolute Gasteiger partial charge is 0.416 e. The zero-order chi connectivity index (χ0) is 29.6. The number of thioether (sulfide) groups is 1. The second-order valence-corrected chi connectivity index (χ2v) is 11.7. The number of carbonyl (C=O) groups is 2. The largest absolute Gasteiger partial charge is 0.497 e. The number of amides is 1. The lowest BCUT2D eigenvalue weighted by Gasteiger charge is -2.40. The number of amidine groups is 1. The first-order valence-corrected chi connectivity index (χ1v) is 14.4. The van der Waals surface area contributed by atoms with Gasteiger partial charge in [0, 0.05) is 6.54 Å². The molecule has 4 rings (SSSR count). The lowest BCUT2D eigenvalue weighted by atomic mass is 9.98. The first-order chi connectivity index (χ1) is 19.6. The minimum absolute atomic E-state index is 0.227. The van der Waals surface area contributed by atoms with Crippen LogP contribution in [0.25, 0.3) is 0 Å². The molecule has 41 heavy (non-hydrogen) atoms. The third-order valence-electron chi connectivity index (χ3n) is 6.53. The quantitative estimate of drug-likeness (QED) is 0.362. The number of methoxy groups -OCH3 is 2. The third kappa shape index (κ3) is 7.79. The van der Waals surface area contributed by atoms with E-state index in [1.54, 1.807) is 14.2 Å². The SMILES string of the molecule is CCN(C(=O)OC(C)(C)C)C1=N[C@@H]2[C@@H](OCc3ccc(OC)cc3)[C@H](OCc3ccc(OC)cc3)[C@@H](C=O)O[C@@H]2S1. The first-order valence-electron chi connectivity index (χ1n) is 13.5. The van der Waals surface area contributed by atoms with E-state index < -0.39 is 41.5 Å². The summed E-state index contributed by atoms with van der Waals surface area (Å²) in [7, 11) is 3.22. The van der Waals surface area contributed by atoms with Crippen LogP contribution in [-0.2, 0) is 37.0 Å². The van der Waals surface area contributed by atoms with Crippen molar-refractivity contribution in [2.75, 3.05) is 20.8 Å². The van der Waals surface area contributed by atoms with Crippen molar-refractivity contribution in [1.29, 1.82) is 0 Å². The van der Waals surface area contributed by atoms with Crippen molar-refractivity contribution in [2.45, 2.75) is 76.3 Å². The third-order valence-corrected chi connectivity index (χ3v) is 7.69. The summed E-state index contributed by atoms with van der Waals surface area (Å²) in [5, 5.41) is 0.454. The van der Waals surface area contributed by atoms with Crippen molar-refractivity contribution in [2.24, 2.45) is 4.99 Å². The number of hydrogen-bond acceptors (Lipinski definition) is 10. The summed E-state index contributed by atoms with van der Waals surface area (Å²) in [5.74, 6) is 1.48. The minimum atomic E-state index is -0.894. The summed E-state index contributed by atoms with van der Waals surface area (Å²) in [4.78, 5) is 31.6. The fourth-order valence-corrected chi connectivity index (χ4v) is 5.72. The van der Waals surface area contributed by atoms with Crippen LogP contribution in [0, 0.1) is 0 Å². The summed E-state index contributed by atoms with van der Waals surface area (Å²) < 4.78 is 35.0. The molecule has 11 heteroatoms. The van der Waals surface area contributed by atoms with Gasteiger partial charge in [0.2, 0.25) is 0 Å². The van der Waals surface area contributed by atoms with Crippen LogP contribution in [0.5, 0.6) is 11.5 Å². The van der Waals surface area contributed by atoms with Gasteiger partial charge in [-0.1, -0.05) is 36.0 Å². The summed E-state index contributed by atoms with van der Waals surface area (Å²) in [6, 6.07) is 14.5. The van der Waals surface area contributed by atoms with Crippen LogP contribution in [-0.4, -0.2) is 78.6 Å². The van der Waals surface area contributed by atoms with Crippen LogP contribution in [0.1, 0.15) is 38.8 Å². The molecule has 0 radical (unpaired) electrons. The molecule has 0 aliphatic carbocycles. The van der Waals surface area contributed by atoms with Gasteiger partial charge in [-0.2, -0.15) is 0 Å². The molecule has 2 aliphatic heterocycles. The molecule has 2 heterocycles. The molecular weight excluding hydrogens is 548 g/mol. The molecule has 0 saturated carbocycles. The minimum Gasteiger partial charge on any atom is -0.497 e. The molecule has 5 atom stereocenters. The average Bonchev–Trinajstić information content (AvgIpc) is 3.37. The van der Waals surface area contributed by atoms with Gasteiger partial charge in [0.15, 0.2) is 11.5 Å². The van der Waals surface area contributed by atoms with Crippen LogP contribution >= 0.6 is 11.8 Å². The van der Waals surface area contributed by atoms with E-state index in [4.69, 9.17) is 33.4 Å². The van der Waals surface area contributed by atoms with Crippen molar-refractivity contribution in [3.8, 4) is 11.5 Å². The number of aliphatic imine (C=N–C) groups is 1. The van der Waals surface area contributed by atoms with E-state index >= 15 is 0 Å². The molecule has 0 spiro atoms. The van der Waals surface area contributed by atoms with E-state index in [0.717, 1.165) is 28.9 Å². The van der Waals surface area contributed by atoms with E-state index in [2.05, 4.69) is 0 Å².